The zero-order valence-electron chi connectivity index (χ0n) is 22.8. The van der Waals surface area contributed by atoms with Crippen molar-refractivity contribution >= 4 is 54.5 Å². The molecule has 42 heavy (non-hydrogen) atoms. The van der Waals surface area contributed by atoms with Gasteiger partial charge in [-0.05, 0) is 65.7 Å². The van der Waals surface area contributed by atoms with Crippen molar-refractivity contribution in [1.82, 2.24) is 14.1 Å². The number of hydrogen-bond donors (Lipinski definition) is 0. The van der Waals surface area contributed by atoms with E-state index in [4.69, 9.17) is 4.98 Å². The second-order valence-corrected chi connectivity index (χ2v) is 10.9. The maximum absolute atomic E-state index is 5.02. The van der Waals surface area contributed by atoms with Crippen LogP contribution in [0.15, 0.2) is 152 Å². The number of pyridine rings is 1. The van der Waals surface area contributed by atoms with Gasteiger partial charge in [0.15, 0.2) is 0 Å². The van der Waals surface area contributed by atoms with Crippen molar-refractivity contribution in [2.75, 3.05) is 0 Å². The number of hydrogen-bond acceptors (Lipinski definition) is 1. The van der Waals surface area contributed by atoms with E-state index in [1.54, 1.807) is 0 Å². The molecule has 0 saturated carbocycles. The van der Waals surface area contributed by atoms with Gasteiger partial charge in [-0.15, -0.1) is 0 Å². The van der Waals surface area contributed by atoms with Gasteiger partial charge in [-0.25, -0.2) is 0 Å². The largest absolute Gasteiger partial charge is 0.309 e. The second-order valence-electron chi connectivity index (χ2n) is 10.9. The number of rotatable bonds is 3. The summed E-state index contributed by atoms with van der Waals surface area (Å²) in [6, 6.07) is 52.1. The summed E-state index contributed by atoms with van der Waals surface area (Å²) in [5, 5.41) is 6.02. The molecule has 0 aliphatic rings. The van der Waals surface area contributed by atoms with Gasteiger partial charge in [0.1, 0.15) is 0 Å². The van der Waals surface area contributed by atoms with Crippen LogP contribution in [-0.4, -0.2) is 14.1 Å². The van der Waals surface area contributed by atoms with E-state index in [1.165, 1.54) is 44.0 Å². The van der Waals surface area contributed by atoms with E-state index in [2.05, 4.69) is 155 Å². The van der Waals surface area contributed by atoms with Gasteiger partial charge in [0, 0.05) is 44.5 Å². The third-order valence-electron chi connectivity index (χ3n) is 8.52. The molecule has 3 heterocycles. The SMILES string of the molecule is c1ccc(-n2c3ccccc3c3cc(-c4ccc5c(c4)c4ncc6ccccc6c4n5-c4ccccc4)ccc32)cc1. The fraction of sp³-hybridized carbons (Fsp3) is 0. The highest BCUT2D eigenvalue weighted by atomic mass is 15.0. The molecular weight excluding hydrogens is 510 g/mol. The number of aromatic nitrogens is 3. The summed E-state index contributed by atoms with van der Waals surface area (Å²) in [4.78, 5) is 5.02. The summed E-state index contributed by atoms with van der Waals surface area (Å²) < 4.78 is 4.72. The van der Waals surface area contributed by atoms with Crippen molar-refractivity contribution < 1.29 is 0 Å². The Hall–Kier alpha value is -5.67. The molecule has 0 atom stereocenters. The maximum atomic E-state index is 5.02. The molecule has 0 aliphatic heterocycles. The van der Waals surface area contributed by atoms with Crippen LogP contribution in [0.2, 0.25) is 0 Å². The molecule has 6 aromatic carbocycles. The second kappa shape index (κ2) is 8.92. The number of nitrogens with zero attached hydrogens (tertiary/aromatic N) is 3. The molecule has 0 saturated heterocycles. The van der Waals surface area contributed by atoms with E-state index in [0.29, 0.717) is 0 Å². The summed E-state index contributed by atoms with van der Waals surface area (Å²) in [7, 11) is 0. The molecule has 0 spiro atoms. The molecule has 196 valence electrons. The zero-order valence-corrected chi connectivity index (χ0v) is 22.8. The topological polar surface area (TPSA) is 22.8 Å². The lowest BCUT2D eigenvalue weighted by Gasteiger charge is -2.10. The van der Waals surface area contributed by atoms with Crippen molar-refractivity contribution in [3.63, 3.8) is 0 Å². The molecule has 9 aromatic rings. The molecule has 0 aliphatic carbocycles. The number of para-hydroxylation sites is 3. The molecule has 0 radical (unpaired) electrons. The van der Waals surface area contributed by atoms with Gasteiger partial charge < -0.3 is 9.13 Å². The van der Waals surface area contributed by atoms with Gasteiger partial charge in [-0.1, -0.05) is 91.0 Å². The van der Waals surface area contributed by atoms with Crippen LogP contribution in [0.5, 0.6) is 0 Å². The maximum Gasteiger partial charge on any atom is 0.0970 e. The van der Waals surface area contributed by atoms with Crippen LogP contribution in [0.1, 0.15) is 0 Å². The van der Waals surface area contributed by atoms with Crippen LogP contribution < -0.4 is 0 Å². The first-order valence-corrected chi connectivity index (χ1v) is 14.3. The summed E-state index contributed by atoms with van der Waals surface area (Å²) in [6.07, 6.45) is 2.00. The van der Waals surface area contributed by atoms with Crippen LogP contribution in [0.25, 0.3) is 77.0 Å². The summed E-state index contributed by atoms with van der Waals surface area (Å²) >= 11 is 0. The highest BCUT2D eigenvalue weighted by Gasteiger charge is 2.18. The Labute approximate surface area is 242 Å². The standard InChI is InChI=1S/C39H25N3/c1-3-12-29(13-4-1)41-35-18-10-9-17-32(35)33-23-26(19-21-36(33)41)27-20-22-37-34(24-27)38-39(42(37)30-14-5-2-6-15-30)31-16-8-7-11-28(31)25-40-38/h1-25H. The van der Waals surface area contributed by atoms with E-state index in [0.717, 1.165) is 33.0 Å². The van der Waals surface area contributed by atoms with Crippen LogP contribution in [0.3, 0.4) is 0 Å². The predicted octanol–water partition coefficient (Wildman–Crippen LogP) is 10.1. The predicted molar refractivity (Wildman–Crippen MR) is 176 cm³/mol. The lowest BCUT2D eigenvalue weighted by atomic mass is 10.0. The van der Waals surface area contributed by atoms with E-state index in [-0.39, 0.29) is 0 Å². The Morgan fingerprint density at radius 2 is 0.952 bits per heavy atom. The van der Waals surface area contributed by atoms with Crippen molar-refractivity contribution in [1.29, 1.82) is 0 Å². The molecule has 0 unspecified atom stereocenters. The summed E-state index contributed by atoms with van der Waals surface area (Å²) in [5.41, 5.74) is 10.4. The lowest BCUT2D eigenvalue weighted by Crippen LogP contribution is -1.94. The Bertz CT molecular complexity index is 2450. The molecule has 0 N–H and O–H groups in total. The Morgan fingerprint density at radius 1 is 0.405 bits per heavy atom. The van der Waals surface area contributed by atoms with Crippen molar-refractivity contribution in [3.8, 4) is 22.5 Å². The fourth-order valence-electron chi connectivity index (χ4n) is 6.65. The number of fused-ring (bicyclic) bond motifs is 8. The Morgan fingerprint density at radius 3 is 1.69 bits per heavy atom. The highest BCUT2D eigenvalue weighted by Crippen LogP contribution is 2.39. The third kappa shape index (κ3) is 3.31. The van der Waals surface area contributed by atoms with Gasteiger partial charge >= 0.3 is 0 Å². The smallest absolute Gasteiger partial charge is 0.0970 e. The van der Waals surface area contributed by atoms with E-state index in [9.17, 15) is 0 Å². The summed E-state index contributed by atoms with van der Waals surface area (Å²) in [6.45, 7) is 0. The van der Waals surface area contributed by atoms with Crippen LogP contribution >= 0.6 is 0 Å². The minimum absolute atomic E-state index is 1.02. The monoisotopic (exact) mass is 535 g/mol. The van der Waals surface area contributed by atoms with Crippen LogP contribution in [0, 0.1) is 0 Å². The van der Waals surface area contributed by atoms with E-state index >= 15 is 0 Å². The zero-order chi connectivity index (χ0) is 27.6. The summed E-state index contributed by atoms with van der Waals surface area (Å²) in [5.74, 6) is 0. The van der Waals surface area contributed by atoms with E-state index < -0.39 is 0 Å². The number of benzene rings is 6. The minimum Gasteiger partial charge on any atom is -0.309 e. The minimum atomic E-state index is 1.02. The Kier molecular flexibility index (Phi) is 4.90. The van der Waals surface area contributed by atoms with E-state index in [1.807, 2.05) is 6.20 Å². The first-order chi connectivity index (χ1) is 20.8. The highest BCUT2D eigenvalue weighted by molar-refractivity contribution is 6.17. The van der Waals surface area contributed by atoms with Crippen LogP contribution in [0.4, 0.5) is 0 Å². The average molecular weight is 536 g/mol. The fourth-order valence-corrected chi connectivity index (χ4v) is 6.65. The van der Waals surface area contributed by atoms with Crippen molar-refractivity contribution in [2.24, 2.45) is 0 Å². The molecule has 3 aromatic heterocycles. The quantitative estimate of drug-likeness (QED) is 0.221. The van der Waals surface area contributed by atoms with Crippen LogP contribution in [-0.2, 0) is 0 Å². The molecule has 0 fully saturated rings. The van der Waals surface area contributed by atoms with Crippen molar-refractivity contribution in [3.05, 3.63) is 152 Å². The molecule has 3 nitrogen and oxygen atoms in total. The third-order valence-corrected chi connectivity index (χ3v) is 8.52. The Balaban J connectivity index is 1.31. The van der Waals surface area contributed by atoms with Gasteiger partial charge in [-0.2, -0.15) is 0 Å². The van der Waals surface area contributed by atoms with Gasteiger partial charge in [0.25, 0.3) is 0 Å². The molecule has 0 amide bonds. The lowest BCUT2D eigenvalue weighted by molar-refractivity contribution is 1.18. The molecule has 9 rings (SSSR count). The van der Waals surface area contributed by atoms with Gasteiger partial charge in [0.05, 0.1) is 27.6 Å². The first kappa shape index (κ1) is 23.1. The molecule has 3 heteroatoms. The van der Waals surface area contributed by atoms with Gasteiger partial charge in [-0.3, -0.25) is 4.98 Å². The van der Waals surface area contributed by atoms with Crippen molar-refractivity contribution in [2.45, 2.75) is 0 Å². The normalized spacial score (nSPS) is 11.8. The van der Waals surface area contributed by atoms with Gasteiger partial charge in [0.2, 0.25) is 0 Å². The molecular formula is C39H25N3. The average Bonchev–Trinajstić information content (AvgIpc) is 3.58. The first-order valence-electron chi connectivity index (χ1n) is 14.3. The molecule has 0 bridgehead atoms.